The third-order valence-corrected chi connectivity index (χ3v) is 3.97. The third kappa shape index (κ3) is 5.52. The van der Waals surface area contributed by atoms with E-state index in [9.17, 15) is 0 Å². The van der Waals surface area contributed by atoms with Crippen molar-refractivity contribution < 1.29 is 0 Å². The summed E-state index contributed by atoms with van der Waals surface area (Å²) in [5.41, 5.74) is 13.2. The molecule has 94 valence electrons. The summed E-state index contributed by atoms with van der Waals surface area (Å²) in [5.74, 6) is 1.75. The van der Waals surface area contributed by atoms with E-state index in [0.29, 0.717) is 5.88 Å². The minimum Gasteiger partial charge on any atom is -0.398 e. The molecule has 4 N–H and O–H groups in total. The number of benzene rings is 1. The molecular formula is C13H20N2S2. The molecule has 1 aromatic carbocycles. The molecule has 0 bridgehead atoms. The summed E-state index contributed by atoms with van der Waals surface area (Å²) >= 11 is 3.42. The smallest absolute Gasteiger partial charge is 0.0452 e. The monoisotopic (exact) mass is 268 g/mol. The molecule has 0 aliphatic heterocycles. The highest BCUT2D eigenvalue weighted by molar-refractivity contribution is 8.02. The molecule has 1 aromatic rings. The second-order valence-electron chi connectivity index (χ2n) is 3.63. The zero-order valence-corrected chi connectivity index (χ0v) is 11.8. The van der Waals surface area contributed by atoms with Crippen LogP contribution in [0.2, 0.25) is 0 Å². The third-order valence-electron chi connectivity index (χ3n) is 2.26. The Morgan fingerprint density at radius 1 is 1.29 bits per heavy atom. The minimum absolute atomic E-state index is 0.561. The molecule has 1 rings (SSSR count). The Labute approximate surface area is 112 Å². The molecule has 0 fully saturated rings. The number of hydrogen-bond acceptors (Lipinski definition) is 4. The van der Waals surface area contributed by atoms with Gasteiger partial charge < -0.3 is 11.5 Å². The first kappa shape index (κ1) is 14.5. The number of thioether (sulfide) groups is 2. The SMILES string of the molecule is CCCCSc1ccc(/C(N)=C/SCN)cc1. The fourth-order valence-electron chi connectivity index (χ4n) is 1.28. The highest BCUT2D eigenvalue weighted by atomic mass is 32.2. The quantitative estimate of drug-likeness (QED) is 0.451. The van der Waals surface area contributed by atoms with Crippen LogP contribution in [0.15, 0.2) is 34.6 Å². The molecule has 0 aliphatic carbocycles. The van der Waals surface area contributed by atoms with Crippen LogP contribution in [-0.2, 0) is 0 Å². The van der Waals surface area contributed by atoms with Gasteiger partial charge in [0.25, 0.3) is 0 Å². The number of hydrogen-bond donors (Lipinski definition) is 2. The molecule has 0 aromatic heterocycles. The summed E-state index contributed by atoms with van der Waals surface area (Å²) in [5, 5.41) is 1.90. The summed E-state index contributed by atoms with van der Waals surface area (Å²) in [6, 6.07) is 8.39. The van der Waals surface area contributed by atoms with Crippen molar-refractivity contribution in [1.29, 1.82) is 0 Å². The molecule has 0 saturated heterocycles. The van der Waals surface area contributed by atoms with Crippen LogP contribution in [0.4, 0.5) is 0 Å². The standard InChI is InChI=1S/C13H20N2S2/c1-2-3-8-17-12-6-4-11(5-7-12)13(15)9-16-10-14/h4-7,9H,2-3,8,10,14-15H2,1H3/b13-9-. The van der Waals surface area contributed by atoms with Crippen LogP contribution in [0.5, 0.6) is 0 Å². The number of rotatable bonds is 7. The Morgan fingerprint density at radius 2 is 2.00 bits per heavy atom. The van der Waals surface area contributed by atoms with E-state index >= 15 is 0 Å². The maximum absolute atomic E-state index is 5.93. The molecule has 0 spiro atoms. The van der Waals surface area contributed by atoms with E-state index in [2.05, 4.69) is 31.2 Å². The van der Waals surface area contributed by atoms with Gasteiger partial charge in [-0.15, -0.1) is 23.5 Å². The molecule has 0 radical (unpaired) electrons. The zero-order valence-electron chi connectivity index (χ0n) is 10.2. The molecule has 0 aliphatic rings. The summed E-state index contributed by atoms with van der Waals surface area (Å²) in [7, 11) is 0. The first-order chi connectivity index (χ1) is 8.27. The molecule has 17 heavy (non-hydrogen) atoms. The van der Waals surface area contributed by atoms with E-state index in [1.54, 1.807) is 0 Å². The largest absolute Gasteiger partial charge is 0.398 e. The average molecular weight is 268 g/mol. The lowest BCUT2D eigenvalue weighted by atomic mass is 10.2. The second-order valence-corrected chi connectivity index (χ2v) is 5.70. The van der Waals surface area contributed by atoms with Crippen molar-refractivity contribution in [2.45, 2.75) is 24.7 Å². The van der Waals surface area contributed by atoms with Gasteiger partial charge in [-0.2, -0.15) is 0 Å². The Bertz CT molecular complexity index is 347. The van der Waals surface area contributed by atoms with Gasteiger partial charge in [0.05, 0.1) is 0 Å². The Morgan fingerprint density at radius 3 is 2.59 bits per heavy atom. The van der Waals surface area contributed by atoms with Crippen LogP contribution in [-0.4, -0.2) is 11.6 Å². The molecule has 0 heterocycles. The van der Waals surface area contributed by atoms with Crippen molar-refractivity contribution in [3.05, 3.63) is 35.2 Å². The van der Waals surface area contributed by atoms with Gasteiger partial charge >= 0.3 is 0 Å². The van der Waals surface area contributed by atoms with Gasteiger partial charge in [0.2, 0.25) is 0 Å². The molecule has 0 amide bonds. The van der Waals surface area contributed by atoms with Crippen LogP contribution >= 0.6 is 23.5 Å². The van der Waals surface area contributed by atoms with Gasteiger partial charge in [-0.05, 0) is 35.3 Å². The first-order valence-electron chi connectivity index (χ1n) is 5.78. The predicted molar refractivity (Wildman–Crippen MR) is 80.9 cm³/mol. The fraction of sp³-hybridized carbons (Fsp3) is 0.385. The highest BCUT2D eigenvalue weighted by Gasteiger charge is 1.98. The van der Waals surface area contributed by atoms with Gasteiger partial charge in [0, 0.05) is 16.5 Å². The van der Waals surface area contributed by atoms with Gasteiger partial charge in [-0.1, -0.05) is 25.5 Å². The van der Waals surface area contributed by atoms with Gasteiger partial charge in [-0.3, -0.25) is 0 Å². The normalized spacial score (nSPS) is 11.8. The summed E-state index contributed by atoms with van der Waals surface area (Å²) in [6.07, 6.45) is 2.51. The molecular weight excluding hydrogens is 248 g/mol. The molecule has 2 nitrogen and oxygen atoms in total. The maximum Gasteiger partial charge on any atom is 0.0452 e. The van der Waals surface area contributed by atoms with Crippen LogP contribution in [0, 0.1) is 0 Å². The van der Waals surface area contributed by atoms with Crippen LogP contribution in [0.3, 0.4) is 0 Å². The summed E-state index contributed by atoms with van der Waals surface area (Å²) in [6.45, 7) is 2.21. The van der Waals surface area contributed by atoms with E-state index in [4.69, 9.17) is 11.5 Å². The van der Waals surface area contributed by atoms with Crippen molar-refractivity contribution in [3.8, 4) is 0 Å². The molecule has 4 heteroatoms. The van der Waals surface area contributed by atoms with E-state index < -0.39 is 0 Å². The number of unbranched alkanes of at least 4 members (excludes halogenated alkanes) is 1. The van der Waals surface area contributed by atoms with Crippen molar-refractivity contribution in [1.82, 2.24) is 0 Å². The van der Waals surface area contributed by atoms with E-state index in [0.717, 1.165) is 11.3 Å². The van der Waals surface area contributed by atoms with Crippen LogP contribution in [0.25, 0.3) is 5.70 Å². The predicted octanol–water partition coefficient (Wildman–Crippen LogP) is 3.49. The zero-order chi connectivity index (χ0) is 12.5. The second kappa shape index (κ2) is 8.50. The van der Waals surface area contributed by atoms with Crippen LogP contribution < -0.4 is 11.5 Å². The minimum atomic E-state index is 0.561. The topological polar surface area (TPSA) is 52.0 Å². The maximum atomic E-state index is 5.93. The highest BCUT2D eigenvalue weighted by Crippen LogP contribution is 2.21. The van der Waals surface area contributed by atoms with Gasteiger partial charge in [0.1, 0.15) is 0 Å². The lowest BCUT2D eigenvalue weighted by molar-refractivity contribution is 0.896. The van der Waals surface area contributed by atoms with Crippen molar-refractivity contribution in [2.24, 2.45) is 11.5 Å². The Balaban J connectivity index is 2.55. The average Bonchev–Trinajstić information content (AvgIpc) is 2.37. The van der Waals surface area contributed by atoms with E-state index in [1.165, 1.54) is 35.3 Å². The van der Waals surface area contributed by atoms with Crippen LogP contribution in [0.1, 0.15) is 25.3 Å². The first-order valence-corrected chi connectivity index (χ1v) is 7.82. The van der Waals surface area contributed by atoms with Crippen molar-refractivity contribution in [2.75, 3.05) is 11.6 Å². The Kier molecular flexibility index (Phi) is 7.24. The van der Waals surface area contributed by atoms with E-state index in [1.807, 2.05) is 17.2 Å². The van der Waals surface area contributed by atoms with Crippen molar-refractivity contribution >= 4 is 29.2 Å². The summed E-state index contributed by atoms with van der Waals surface area (Å²) < 4.78 is 0. The van der Waals surface area contributed by atoms with Gasteiger partial charge in [-0.25, -0.2) is 0 Å². The fourth-order valence-corrected chi connectivity index (χ4v) is 2.69. The number of nitrogens with two attached hydrogens (primary N) is 2. The van der Waals surface area contributed by atoms with E-state index in [-0.39, 0.29) is 0 Å². The summed E-state index contributed by atoms with van der Waals surface area (Å²) in [4.78, 5) is 1.31. The molecule has 0 saturated carbocycles. The molecule has 0 unspecified atom stereocenters. The lowest BCUT2D eigenvalue weighted by Gasteiger charge is -2.04. The molecule has 0 atom stereocenters. The lowest BCUT2D eigenvalue weighted by Crippen LogP contribution is -1.97. The Hall–Kier alpha value is -0.580. The van der Waals surface area contributed by atoms with Gasteiger partial charge in [0.15, 0.2) is 0 Å². The van der Waals surface area contributed by atoms with Crippen molar-refractivity contribution in [3.63, 3.8) is 0 Å².